The number of aromatic nitrogens is 2. The van der Waals surface area contributed by atoms with Crippen molar-refractivity contribution in [2.45, 2.75) is 19.9 Å². The molecule has 2 rings (SSSR count). The highest BCUT2D eigenvalue weighted by Gasteiger charge is 2.16. The molecular weight excluding hydrogens is 230 g/mol. The Labute approximate surface area is 105 Å². The molecule has 0 aliphatic carbocycles. The second-order valence-corrected chi connectivity index (χ2v) is 4.41. The van der Waals surface area contributed by atoms with Gasteiger partial charge in [-0.15, -0.1) is 0 Å². The summed E-state index contributed by atoms with van der Waals surface area (Å²) in [5.41, 5.74) is 0.295. The number of hydrogen-bond donors (Lipinski definition) is 0. The summed E-state index contributed by atoms with van der Waals surface area (Å²) in [7, 11) is 1.82. The van der Waals surface area contributed by atoms with Crippen LogP contribution in [0.4, 0.5) is 5.82 Å². The summed E-state index contributed by atoms with van der Waals surface area (Å²) in [6.07, 6.45) is 2.18. The molecule has 0 amide bonds. The molecule has 0 saturated carbocycles. The Morgan fingerprint density at radius 1 is 1.39 bits per heavy atom. The van der Waals surface area contributed by atoms with Gasteiger partial charge < -0.3 is 4.90 Å². The zero-order valence-corrected chi connectivity index (χ0v) is 10.6. The smallest absolute Gasteiger partial charge is 0.270 e. The van der Waals surface area contributed by atoms with Gasteiger partial charge in [-0.1, -0.05) is 6.07 Å². The van der Waals surface area contributed by atoms with Crippen LogP contribution in [-0.4, -0.2) is 28.8 Å². The molecule has 0 bridgehead atoms. The highest BCUT2D eigenvalue weighted by molar-refractivity contribution is 5.83. The molecular formula is C13H15N3O2. The first kappa shape index (κ1) is 12.3. The Bertz CT molecular complexity index is 646. The first-order valence-electron chi connectivity index (χ1n) is 5.75. The lowest BCUT2D eigenvalue weighted by molar-refractivity contribution is 0.112. The van der Waals surface area contributed by atoms with E-state index in [0.29, 0.717) is 17.8 Å². The lowest BCUT2D eigenvalue weighted by Crippen LogP contribution is -2.31. The van der Waals surface area contributed by atoms with Gasteiger partial charge in [0.15, 0.2) is 6.29 Å². The van der Waals surface area contributed by atoms with Crippen LogP contribution in [0.1, 0.15) is 24.2 Å². The van der Waals surface area contributed by atoms with Gasteiger partial charge in [-0.2, -0.15) is 0 Å². The highest BCUT2D eigenvalue weighted by atomic mass is 16.1. The minimum Gasteiger partial charge on any atom is -0.356 e. The van der Waals surface area contributed by atoms with Crippen LogP contribution in [0, 0.1) is 0 Å². The summed E-state index contributed by atoms with van der Waals surface area (Å²) in [6.45, 7) is 3.95. The number of aldehydes is 1. The van der Waals surface area contributed by atoms with E-state index in [4.69, 9.17) is 0 Å². The number of carbonyl (C=O) groups is 1. The molecule has 2 aromatic rings. The zero-order valence-electron chi connectivity index (χ0n) is 10.6. The molecule has 0 aliphatic heterocycles. The van der Waals surface area contributed by atoms with Crippen LogP contribution in [0.25, 0.3) is 5.65 Å². The Morgan fingerprint density at radius 3 is 2.72 bits per heavy atom. The third-order valence-corrected chi connectivity index (χ3v) is 2.98. The lowest BCUT2D eigenvalue weighted by Gasteiger charge is -2.23. The van der Waals surface area contributed by atoms with Crippen LogP contribution >= 0.6 is 0 Å². The van der Waals surface area contributed by atoms with Crippen molar-refractivity contribution in [3.63, 3.8) is 0 Å². The third kappa shape index (κ3) is 1.88. The minimum absolute atomic E-state index is 0.0925. The Kier molecular flexibility index (Phi) is 3.14. The van der Waals surface area contributed by atoms with Crippen LogP contribution in [0.5, 0.6) is 0 Å². The molecule has 0 N–H and O–H groups in total. The van der Waals surface area contributed by atoms with Crippen molar-refractivity contribution in [2.24, 2.45) is 0 Å². The van der Waals surface area contributed by atoms with E-state index in [2.05, 4.69) is 4.98 Å². The third-order valence-electron chi connectivity index (χ3n) is 2.98. The van der Waals surface area contributed by atoms with E-state index in [1.807, 2.05) is 31.9 Å². The largest absolute Gasteiger partial charge is 0.356 e. The quantitative estimate of drug-likeness (QED) is 0.766. The fraction of sp³-hybridized carbons (Fsp3) is 0.308. The summed E-state index contributed by atoms with van der Waals surface area (Å²) in [6, 6.07) is 5.44. The summed E-state index contributed by atoms with van der Waals surface area (Å²) in [4.78, 5) is 29.5. The molecule has 0 radical (unpaired) electrons. The van der Waals surface area contributed by atoms with Gasteiger partial charge in [0.05, 0.1) is 0 Å². The van der Waals surface area contributed by atoms with Crippen LogP contribution < -0.4 is 10.5 Å². The number of rotatable bonds is 3. The summed E-state index contributed by atoms with van der Waals surface area (Å²) >= 11 is 0. The van der Waals surface area contributed by atoms with Crippen LogP contribution in [0.3, 0.4) is 0 Å². The Morgan fingerprint density at radius 2 is 2.11 bits per heavy atom. The Hall–Kier alpha value is -2.17. The molecule has 0 spiro atoms. The second kappa shape index (κ2) is 4.60. The molecule has 5 heteroatoms. The molecule has 18 heavy (non-hydrogen) atoms. The van der Waals surface area contributed by atoms with Crippen LogP contribution in [0.2, 0.25) is 0 Å². The van der Waals surface area contributed by atoms with Gasteiger partial charge in [0.2, 0.25) is 0 Å². The van der Waals surface area contributed by atoms with E-state index in [1.54, 1.807) is 18.3 Å². The molecule has 0 aliphatic rings. The number of anilines is 1. The molecule has 0 fully saturated rings. The van der Waals surface area contributed by atoms with Crippen LogP contribution in [-0.2, 0) is 0 Å². The monoisotopic (exact) mass is 245 g/mol. The van der Waals surface area contributed by atoms with Crippen molar-refractivity contribution < 1.29 is 4.79 Å². The fourth-order valence-electron chi connectivity index (χ4n) is 1.71. The average Bonchev–Trinajstić information content (AvgIpc) is 2.37. The van der Waals surface area contributed by atoms with Gasteiger partial charge in [0, 0.05) is 19.3 Å². The SMILES string of the molecule is CC(C)N(C)c1nc2ccccn2c(=O)c1C=O. The number of nitrogens with zero attached hydrogens (tertiary/aromatic N) is 3. The summed E-state index contributed by atoms with van der Waals surface area (Å²) in [5, 5.41) is 0. The van der Waals surface area contributed by atoms with Crippen molar-refractivity contribution in [2.75, 3.05) is 11.9 Å². The van der Waals surface area contributed by atoms with Gasteiger partial charge in [-0.05, 0) is 26.0 Å². The zero-order chi connectivity index (χ0) is 13.3. The van der Waals surface area contributed by atoms with Crippen molar-refractivity contribution in [3.8, 4) is 0 Å². The number of pyridine rings is 1. The van der Waals surface area contributed by atoms with Gasteiger partial charge >= 0.3 is 0 Å². The maximum Gasteiger partial charge on any atom is 0.270 e. The first-order valence-corrected chi connectivity index (χ1v) is 5.75. The highest BCUT2D eigenvalue weighted by Crippen LogP contribution is 2.15. The van der Waals surface area contributed by atoms with E-state index >= 15 is 0 Å². The fourth-order valence-corrected chi connectivity index (χ4v) is 1.71. The minimum atomic E-state index is -0.335. The molecule has 0 unspecified atom stereocenters. The standard InChI is InChI=1S/C13H15N3O2/c1-9(2)15(3)12-10(8-17)13(18)16-7-5-4-6-11(16)14-12/h4-9H,1-3H3. The summed E-state index contributed by atoms with van der Waals surface area (Å²) in [5.74, 6) is 0.427. The Balaban J connectivity index is 2.81. The predicted molar refractivity (Wildman–Crippen MR) is 70.4 cm³/mol. The van der Waals surface area contributed by atoms with E-state index in [9.17, 15) is 9.59 Å². The normalized spacial score (nSPS) is 10.9. The van der Waals surface area contributed by atoms with Crippen molar-refractivity contribution >= 4 is 17.8 Å². The maximum atomic E-state index is 12.2. The van der Waals surface area contributed by atoms with Gasteiger partial charge in [-0.25, -0.2) is 4.98 Å². The van der Waals surface area contributed by atoms with Gasteiger partial charge in [0.1, 0.15) is 17.0 Å². The van der Waals surface area contributed by atoms with E-state index < -0.39 is 0 Å². The molecule has 2 aromatic heterocycles. The van der Waals surface area contributed by atoms with E-state index in [0.717, 1.165) is 0 Å². The van der Waals surface area contributed by atoms with Gasteiger partial charge in [-0.3, -0.25) is 14.0 Å². The van der Waals surface area contributed by atoms with Crippen LogP contribution in [0.15, 0.2) is 29.2 Å². The molecule has 0 aromatic carbocycles. The predicted octanol–water partition coefficient (Wildman–Crippen LogP) is 1.35. The average molecular weight is 245 g/mol. The number of carbonyl (C=O) groups excluding carboxylic acids is 1. The second-order valence-electron chi connectivity index (χ2n) is 4.41. The first-order chi connectivity index (χ1) is 8.56. The lowest BCUT2D eigenvalue weighted by atomic mass is 10.2. The molecule has 0 saturated heterocycles. The number of fused-ring (bicyclic) bond motifs is 1. The van der Waals surface area contributed by atoms with Crippen molar-refractivity contribution in [3.05, 3.63) is 40.3 Å². The molecule has 0 atom stereocenters. The molecule has 5 nitrogen and oxygen atoms in total. The van der Waals surface area contributed by atoms with Crippen molar-refractivity contribution in [1.29, 1.82) is 0 Å². The summed E-state index contributed by atoms with van der Waals surface area (Å²) < 4.78 is 1.38. The van der Waals surface area contributed by atoms with E-state index in [1.165, 1.54) is 4.40 Å². The van der Waals surface area contributed by atoms with Crippen molar-refractivity contribution in [1.82, 2.24) is 9.38 Å². The van der Waals surface area contributed by atoms with E-state index in [-0.39, 0.29) is 17.2 Å². The number of hydrogen-bond acceptors (Lipinski definition) is 4. The van der Waals surface area contributed by atoms with Gasteiger partial charge in [0.25, 0.3) is 5.56 Å². The maximum absolute atomic E-state index is 12.2. The molecule has 2 heterocycles. The molecule has 94 valence electrons. The topological polar surface area (TPSA) is 54.7 Å².